The summed E-state index contributed by atoms with van der Waals surface area (Å²) in [7, 11) is 3.54. The number of nitrogens with zero attached hydrogens (tertiary/aromatic N) is 5. The lowest BCUT2D eigenvalue weighted by atomic mass is 9.98. The number of aromatic nitrogens is 3. The van der Waals surface area contributed by atoms with Gasteiger partial charge in [0.05, 0.1) is 7.11 Å². The standard InChI is InChI=1S/C22H26N6O/c1-23-22(25-15-17-8-11-24-21(14-17)28-12-3-10-26-28)27-13-9-19(16-27)18-4-6-20(29-2)7-5-18/h3-8,10-12,14,19H,9,13,15-16H2,1-2H3,(H,23,25). The SMILES string of the molecule is CN=C(NCc1ccnc(-n2cccn2)c1)N1CCC(c2ccc(OC)cc2)C1. The number of benzene rings is 1. The Labute approximate surface area is 171 Å². The Bertz CT molecular complexity index is 952. The van der Waals surface area contributed by atoms with Crippen LogP contribution in [0.3, 0.4) is 0 Å². The maximum Gasteiger partial charge on any atom is 0.193 e. The molecule has 7 heteroatoms. The average Bonchev–Trinajstić information content (AvgIpc) is 3.47. The molecule has 150 valence electrons. The van der Waals surface area contributed by atoms with E-state index in [4.69, 9.17) is 4.74 Å². The first kappa shape index (κ1) is 19.0. The molecular weight excluding hydrogens is 364 g/mol. The van der Waals surface area contributed by atoms with Gasteiger partial charge in [0.2, 0.25) is 0 Å². The molecule has 0 bridgehead atoms. The topological polar surface area (TPSA) is 67.6 Å². The number of nitrogens with one attached hydrogen (secondary N) is 1. The van der Waals surface area contributed by atoms with Crippen LogP contribution in [0.25, 0.3) is 5.82 Å². The molecule has 0 saturated carbocycles. The second-order valence-corrected chi connectivity index (χ2v) is 7.08. The van der Waals surface area contributed by atoms with Crippen LogP contribution in [0.15, 0.2) is 66.0 Å². The van der Waals surface area contributed by atoms with Gasteiger partial charge in [-0.3, -0.25) is 4.99 Å². The summed E-state index contributed by atoms with van der Waals surface area (Å²) in [5, 5.41) is 7.73. The molecule has 1 fully saturated rings. The molecule has 0 spiro atoms. The van der Waals surface area contributed by atoms with Crippen molar-refractivity contribution in [3.8, 4) is 11.6 Å². The van der Waals surface area contributed by atoms with Crippen LogP contribution in [0, 0.1) is 0 Å². The third-order valence-corrected chi connectivity index (χ3v) is 5.29. The predicted molar refractivity (Wildman–Crippen MR) is 113 cm³/mol. The molecule has 0 radical (unpaired) electrons. The van der Waals surface area contributed by atoms with Gasteiger partial charge < -0.3 is 15.0 Å². The van der Waals surface area contributed by atoms with Crippen molar-refractivity contribution < 1.29 is 4.74 Å². The monoisotopic (exact) mass is 390 g/mol. The van der Waals surface area contributed by atoms with Gasteiger partial charge in [0.1, 0.15) is 5.75 Å². The number of pyridine rings is 1. The van der Waals surface area contributed by atoms with Gasteiger partial charge in [0.25, 0.3) is 0 Å². The zero-order valence-corrected chi connectivity index (χ0v) is 16.8. The first-order valence-electron chi connectivity index (χ1n) is 9.81. The maximum absolute atomic E-state index is 5.27. The molecule has 1 unspecified atom stereocenters. The number of aliphatic imine (C=N–C) groups is 1. The minimum Gasteiger partial charge on any atom is -0.497 e. The molecule has 7 nitrogen and oxygen atoms in total. The van der Waals surface area contributed by atoms with Crippen molar-refractivity contribution in [2.24, 2.45) is 4.99 Å². The molecule has 1 aromatic carbocycles. The largest absolute Gasteiger partial charge is 0.497 e. The Kier molecular flexibility index (Phi) is 5.74. The molecule has 0 aliphatic carbocycles. The van der Waals surface area contributed by atoms with Crippen molar-refractivity contribution in [1.29, 1.82) is 0 Å². The molecular formula is C22H26N6O. The highest BCUT2D eigenvalue weighted by Gasteiger charge is 2.26. The summed E-state index contributed by atoms with van der Waals surface area (Å²) in [6.07, 6.45) is 6.57. The van der Waals surface area contributed by atoms with Gasteiger partial charge in [-0.25, -0.2) is 9.67 Å². The lowest BCUT2D eigenvalue weighted by molar-refractivity contribution is 0.414. The number of likely N-dealkylation sites (tertiary alicyclic amines) is 1. The highest BCUT2D eigenvalue weighted by molar-refractivity contribution is 5.80. The van der Waals surface area contributed by atoms with Gasteiger partial charge in [-0.05, 0) is 47.9 Å². The van der Waals surface area contributed by atoms with Crippen LogP contribution in [-0.2, 0) is 6.54 Å². The molecule has 1 N–H and O–H groups in total. The van der Waals surface area contributed by atoms with Crippen LogP contribution in [0.2, 0.25) is 0 Å². The molecule has 1 aliphatic heterocycles. The van der Waals surface area contributed by atoms with Crippen molar-refractivity contribution >= 4 is 5.96 Å². The fraction of sp³-hybridized carbons (Fsp3) is 0.318. The first-order valence-corrected chi connectivity index (χ1v) is 9.81. The van der Waals surface area contributed by atoms with E-state index in [1.54, 1.807) is 18.0 Å². The Hall–Kier alpha value is -3.35. The summed E-state index contributed by atoms with van der Waals surface area (Å²) in [6, 6.07) is 14.3. The molecule has 4 rings (SSSR count). The number of ether oxygens (including phenoxy) is 1. The number of hydrogen-bond donors (Lipinski definition) is 1. The minimum absolute atomic E-state index is 0.506. The summed E-state index contributed by atoms with van der Waals surface area (Å²) in [5.74, 6) is 3.14. The summed E-state index contributed by atoms with van der Waals surface area (Å²) in [4.78, 5) is 11.2. The Balaban J connectivity index is 1.37. The van der Waals surface area contributed by atoms with E-state index in [0.29, 0.717) is 12.5 Å². The quantitative estimate of drug-likeness (QED) is 0.536. The fourth-order valence-electron chi connectivity index (χ4n) is 3.71. The zero-order valence-electron chi connectivity index (χ0n) is 16.8. The summed E-state index contributed by atoms with van der Waals surface area (Å²) in [5.41, 5.74) is 2.49. The van der Waals surface area contributed by atoms with Crippen molar-refractivity contribution in [3.05, 3.63) is 72.2 Å². The highest BCUT2D eigenvalue weighted by Crippen LogP contribution is 2.28. The molecule has 3 aromatic rings. The lowest BCUT2D eigenvalue weighted by Gasteiger charge is -2.22. The Morgan fingerprint density at radius 2 is 2.10 bits per heavy atom. The molecule has 1 aliphatic rings. The molecule has 1 saturated heterocycles. The number of methoxy groups -OCH3 is 1. The number of guanidine groups is 1. The van der Waals surface area contributed by atoms with Gasteiger partial charge in [-0.1, -0.05) is 12.1 Å². The van der Waals surface area contributed by atoms with E-state index in [9.17, 15) is 0 Å². The number of rotatable bonds is 5. The second kappa shape index (κ2) is 8.77. The van der Waals surface area contributed by atoms with Crippen LogP contribution in [0.1, 0.15) is 23.5 Å². The highest BCUT2D eigenvalue weighted by atomic mass is 16.5. The molecule has 2 aromatic heterocycles. The van der Waals surface area contributed by atoms with Crippen LogP contribution < -0.4 is 10.1 Å². The average molecular weight is 390 g/mol. The fourth-order valence-corrected chi connectivity index (χ4v) is 3.71. The normalized spacial score (nSPS) is 16.8. The molecule has 29 heavy (non-hydrogen) atoms. The van der Waals surface area contributed by atoms with E-state index in [2.05, 4.69) is 37.4 Å². The van der Waals surface area contributed by atoms with Gasteiger partial charge >= 0.3 is 0 Å². The van der Waals surface area contributed by atoms with Crippen LogP contribution >= 0.6 is 0 Å². The lowest BCUT2D eigenvalue weighted by Crippen LogP contribution is -2.39. The van der Waals surface area contributed by atoms with Crippen LogP contribution in [-0.4, -0.2) is 52.9 Å². The van der Waals surface area contributed by atoms with Crippen LogP contribution in [0.4, 0.5) is 0 Å². The summed E-state index contributed by atoms with van der Waals surface area (Å²) < 4.78 is 7.03. The van der Waals surface area contributed by atoms with E-state index in [-0.39, 0.29) is 0 Å². The molecule has 3 heterocycles. The second-order valence-electron chi connectivity index (χ2n) is 7.08. The van der Waals surface area contributed by atoms with E-state index in [1.165, 1.54) is 5.56 Å². The van der Waals surface area contributed by atoms with Crippen molar-refractivity contribution in [1.82, 2.24) is 25.0 Å². The predicted octanol–water partition coefficient (Wildman–Crippen LogP) is 2.84. The van der Waals surface area contributed by atoms with E-state index in [0.717, 1.165) is 42.6 Å². The van der Waals surface area contributed by atoms with Gasteiger partial charge in [-0.2, -0.15) is 5.10 Å². The Morgan fingerprint density at radius 1 is 1.24 bits per heavy atom. The van der Waals surface area contributed by atoms with Gasteiger partial charge in [0.15, 0.2) is 11.8 Å². The van der Waals surface area contributed by atoms with E-state index < -0.39 is 0 Å². The summed E-state index contributed by atoms with van der Waals surface area (Å²) >= 11 is 0. The van der Waals surface area contributed by atoms with Gasteiger partial charge in [-0.15, -0.1) is 0 Å². The van der Waals surface area contributed by atoms with Crippen LogP contribution in [0.5, 0.6) is 5.75 Å². The smallest absolute Gasteiger partial charge is 0.193 e. The third-order valence-electron chi connectivity index (χ3n) is 5.29. The van der Waals surface area contributed by atoms with E-state index in [1.807, 2.05) is 49.8 Å². The first-order chi connectivity index (χ1) is 14.3. The van der Waals surface area contributed by atoms with Gasteiger partial charge in [0, 0.05) is 51.2 Å². The molecule has 1 atom stereocenters. The third kappa shape index (κ3) is 4.39. The minimum atomic E-state index is 0.506. The van der Waals surface area contributed by atoms with E-state index >= 15 is 0 Å². The number of hydrogen-bond acceptors (Lipinski definition) is 4. The van der Waals surface area contributed by atoms with Crippen molar-refractivity contribution in [3.63, 3.8) is 0 Å². The van der Waals surface area contributed by atoms with Crippen molar-refractivity contribution in [2.75, 3.05) is 27.2 Å². The zero-order chi connectivity index (χ0) is 20.1. The Morgan fingerprint density at radius 3 is 2.83 bits per heavy atom. The molecule has 0 amide bonds. The summed E-state index contributed by atoms with van der Waals surface area (Å²) in [6.45, 7) is 2.64. The maximum atomic E-state index is 5.27. The van der Waals surface area contributed by atoms with Crippen molar-refractivity contribution in [2.45, 2.75) is 18.9 Å².